The molecule has 2 rings (SSSR count). The number of benzene rings is 1. The van der Waals surface area contributed by atoms with E-state index in [9.17, 15) is 13.2 Å². The molecule has 1 aromatic carbocycles. The molecular formula is C16H21N3O3S. The number of piperidine rings is 1. The maximum absolute atomic E-state index is 12.5. The fourth-order valence-corrected chi connectivity index (χ4v) is 4.06. The van der Waals surface area contributed by atoms with E-state index in [0.29, 0.717) is 25.1 Å². The van der Waals surface area contributed by atoms with Crippen molar-refractivity contribution in [3.8, 4) is 6.07 Å². The third-order valence-electron chi connectivity index (χ3n) is 3.95. The molecule has 7 heteroatoms. The SMILES string of the molecule is CC(C)(C#N)C(=O)N1CCCC(S(=O)(=O)Nc2ccccc2)C1. The highest BCUT2D eigenvalue weighted by molar-refractivity contribution is 7.93. The van der Waals surface area contributed by atoms with Gasteiger partial charge in [0.25, 0.3) is 0 Å². The summed E-state index contributed by atoms with van der Waals surface area (Å²) < 4.78 is 27.6. The Morgan fingerprint density at radius 2 is 2.00 bits per heavy atom. The standard InChI is InChI=1S/C16H21N3O3S/c1-16(2,12-17)15(20)19-10-6-9-14(11-19)23(21,22)18-13-7-4-3-5-8-13/h3-5,7-8,14,18H,6,9-11H2,1-2H3. The summed E-state index contributed by atoms with van der Waals surface area (Å²) in [5, 5.41) is 8.42. The van der Waals surface area contributed by atoms with Crippen LogP contribution in [0.25, 0.3) is 0 Å². The minimum atomic E-state index is -3.58. The number of sulfonamides is 1. The van der Waals surface area contributed by atoms with Crippen molar-refractivity contribution in [1.82, 2.24) is 4.90 Å². The predicted octanol–water partition coefficient (Wildman–Crippen LogP) is 1.97. The maximum Gasteiger partial charge on any atom is 0.242 e. The van der Waals surface area contributed by atoms with Crippen molar-refractivity contribution in [3.63, 3.8) is 0 Å². The molecule has 1 aliphatic rings. The van der Waals surface area contributed by atoms with Crippen molar-refractivity contribution < 1.29 is 13.2 Å². The van der Waals surface area contributed by atoms with E-state index in [1.54, 1.807) is 38.1 Å². The van der Waals surface area contributed by atoms with Crippen molar-refractivity contribution in [3.05, 3.63) is 30.3 Å². The van der Waals surface area contributed by atoms with Gasteiger partial charge in [-0.05, 0) is 38.8 Å². The van der Waals surface area contributed by atoms with Gasteiger partial charge < -0.3 is 4.90 Å². The third-order valence-corrected chi connectivity index (χ3v) is 5.73. The maximum atomic E-state index is 12.5. The smallest absolute Gasteiger partial charge is 0.242 e. The van der Waals surface area contributed by atoms with Gasteiger partial charge in [0.2, 0.25) is 15.9 Å². The average Bonchev–Trinajstić information content (AvgIpc) is 2.55. The lowest BCUT2D eigenvalue weighted by atomic mass is 9.93. The van der Waals surface area contributed by atoms with Crippen molar-refractivity contribution >= 4 is 21.6 Å². The number of nitrogens with zero attached hydrogens (tertiary/aromatic N) is 2. The Labute approximate surface area is 137 Å². The van der Waals surface area contributed by atoms with Gasteiger partial charge in [-0.15, -0.1) is 0 Å². The minimum absolute atomic E-state index is 0.117. The van der Waals surface area contributed by atoms with Crippen molar-refractivity contribution in [2.75, 3.05) is 17.8 Å². The molecule has 0 saturated carbocycles. The number of anilines is 1. The summed E-state index contributed by atoms with van der Waals surface area (Å²) in [6.07, 6.45) is 1.10. The predicted molar refractivity (Wildman–Crippen MR) is 88.0 cm³/mol. The highest BCUT2D eigenvalue weighted by Gasteiger charge is 2.38. The van der Waals surface area contributed by atoms with E-state index in [1.165, 1.54) is 4.90 Å². The number of rotatable bonds is 4. The topological polar surface area (TPSA) is 90.3 Å². The number of nitrogens with one attached hydrogen (secondary N) is 1. The lowest BCUT2D eigenvalue weighted by Gasteiger charge is -2.35. The monoisotopic (exact) mass is 335 g/mol. The normalized spacial score (nSPS) is 19.0. The van der Waals surface area contributed by atoms with E-state index in [4.69, 9.17) is 5.26 Å². The molecule has 0 spiro atoms. The molecule has 0 radical (unpaired) electrons. The summed E-state index contributed by atoms with van der Waals surface area (Å²) in [6, 6.07) is 10.7. The largest absolute Gasteiger partial charge is 0.340 e. The van der Waals surface area contributed by atoms with Gasteiger partial charge in [0.05, 0.1) is 11.3 Å². The molecule has 1 fully saturated rings. The van der Waals surface area contributed by atoms with Crippen LogP contribution in [0, 0.1) is 16.7 Å². The Kier molecular flexibility index (Phi) is 4.95. The molecule has 1 aromatic rings. The fraction of sp³-hybridized carbons (Fsp3) is 0.500. The molecular weight excluding hydrogens is 314 g/mol. The number of carbonyl (C=O) groups excluding carboxylic acids is 1. The molecule has 1 heterocycles. The molecule has 0 aromatic heterocycles. The fourth-order valence-electron chi connectivity index (χ4n) is 2.57. The van der Waals surface area contributed by atoms with Crippen LogP contribution in [0.1, 0.15) is 26.7 Å². The molecule has 23 heavy (non-hydrogen) atoms. The zero-order valence-electron chi connectivity index (χ0n) is 13.3. The second kappa shape index (κ2) is 6.59. The summed E-state index contributed by atoms with van der Waals surface area (Å²) in [5.41, 5.74) is -0.633. The Morgan fingerprint density at radius 1 is 1.35 bits per heavy atom. The molecule has 1 saturated heterocycles. The number of hydrogen-bond acceptors (Lipinski definition) is 4. The lowest BCUT2D eigenvalue weighted by Crippen LogP contribution is -2.50. The van der Waals surface area contributed by atoms with Crippen molar-refractivity contribution in [2.24, 2.45) is 5.41 Å². The molecule has 1 unspecified atom stereocenters. The molecule has 124 valence electrons. The molecule has 1 atom stereocenters. The van der Waals surface area contributed by atoms with Gasteiger partial charge in [-0.1, -0.05) is 18.2 Å². The minimum Gasteiger partial charge on any atom is -0.340 e. The number of amides is 1. The van der Waals surface area contributed by atoms with Gasteiger partial charge in [0, 0.05) is 18.8 Å². The van der Waals surface area contributed by atoms with Crippen LogP contribution in [0.5, 0.6) is 0 Å². The van der Waals surface area contributed by atoms with E-state index >= 15 is 0 Å². The van der Waals surface area contributed by atoms with Gasteiger partial charge in [0.15, 0.2) is 0 Å². The van der Waals surface area contributed by atoms with Crippen LogP contribution < -0.4 is 4.72 Å². The van der Waals surface area contributed by atoms with E-state index in [2.05, 4.69) is 4.72 Å². The Morgan fingerprint density at radius 3 is 2.61 bits per heavy atom. The van der Waals surface area contributed by atoms with Crippen LogP contribution in [-0.2, 0) is 14.8 Å². The zero-order chi connectivity index (χ0) is 17.1. The Hall–Kier alpha value is -2.07. The molecule has 6 nitrogen and oxygen atoms in total. The van der Waals surface area contributed by atoms with Crippen LogP contribution in [0.4, 0.5) is 5.69 Å². The van der Waals surface area contributed by atoms with Gasteiger partial charge in [-0.25, -0.2) is 8.42 Å². The van der Waals surface area contributed by atoms with Crippen molar-refractivity contribution in [2.45, 2.75) is 31.9 Å². The number of para-hydroxylation sites is 1. The average molecular weight is 335 g/mol. The second-order valence-corrected chi connectivity index (χ2v) is 8.23. The van der Waals surface area contributed by atoms with Crippen molar-refractivity contribution in [1.29, 1.82) is 5.26 Å². The van der Waals surface area contributed by atoms with E-state index in [0.717, 1.165) is 0 Å². The summed E-state index contributed by atoms with van der Waals surface area (Å²) in [4.78, 5) is 13.9. The van der Waals surface area contributed by atoms with Crippen LogP contribution in [-0.4, -0.2) is 37.6 Å². The molecule has 1 aliphatic heterocycles. The van der Waals surface area contributed by atoms with Gasteiger partial charge in [-0.3, -0.25) is 9.52 Å². The van der Waals surface area contributed by atoms with Crippen LogP contribution in [0.15, 0.2) is 30.3 Å². The number of carbonyl (C=O) groups is 1. The van der Waals surface area contributed by atoms with Crippen LogP contribution in [0.2, 0.25) is 0 Å². The quantitative estimate of drug-likeness (QED) is 0.911. The zero-order valence-corrected chi connectivity index (χ0v) is 14.1. The van der Waals surface area contributed by atoms with Gasteiger partial charge >= 0.3 is 0 Å². The summed E-state index contributed by atoms with van der Waals surface area (Å²) in [6.45, 7) is 3.71. The van der Waals surface area contributed by atoms with Gasteiger partial charge in [-0.2, -0.15) is 5.26 Å². The first-order chi connectivity index (χ1) is 10.8. The van der Waals surface area contributed by atoms with E-state index in [1.807, 2.05) is 12.1 Å². The summed E-state index contributed by atoms with van der Waals surface area (Å²) >= 11 is 0. The first-order valence-corrected chi connectivity index (χ1v) is 9.08. The van der Waals surface area contributed by atoms with E-state index in [-0.39, 0.29) is 12.5 Å². The Bertz CT molecular complexity index is 708. The molecule has 0 bridgehead atoms. The molecule has 1 amide bonds. The third kappa shape index (κ3) is 4.02. The first kappa shape index (κ1) is 17.3. The number of hydrogen-bond donors (Lipinski definition) is 1. The molecule has 1 N–H and O–H groups in total. The highest BCUT2D eigenvalue weighted by Crippen LogP contribution is 2.24. The summed E-state index contributed by atoms with van der Waals surface area (Å²) in [7, 11) is -3.58. The lowest BCUT2D eigenvalue weighted by molar-refractivity contribution is -0.138. The van der Waals surface area contributed by atoms with Crippen LogP contribution >= 0.6 is 0 Å². The number of nitriles is 1. The first-order valence-electron chi connectivity index (χ1n) is 7.53. The number of likely N-dealkylation sites (tertiary alicyclic amines) is 1. The second-order valence-electron chi connectivity index (χ2n) is 6.27. The molecule has 0 aliphatic carbocycles. The van der Waals surface area contributed by atoms with Gasteiger partial charge in [0.1, 0.15) is 5.41 Å². The summed E-state index contributed by atoms with van der Waals surface area (Å²) in [5.74, 6) is -0.320. The Balaban J connectivity index is 2.12. The van der Waals surface area contributed by atoms with Crippen LogP contribution in [0.3, 0.4) is 0 Å². The highest BCUT2D eigenvalue weighted by atomic mass is 32.2. The van der Waals surface area contributed by atoms with E-state index < -0.39 is 20.7 Å².